The normalized spacial score (nSPS) is 24.1. The van der Waals surface area contributed by atoms with Crippen LogP contribution in [0.15, 0.2) is 10.9 Å². The quantitative estimate of drug-likeness (QED) is 0.882. The van der Waals surface area contributed by atoms with E-state index in [1.54, 1.807) is 6.33 Å². The van der Waals surface area contributed by atoms with E-state index in [0.29, 0.717) is 17.7 Å². The third kappa shape index (κ3) is 2.06. The van der Waals surface area contributed by atoms with Crippen LogP contribution >= 0.6 is 0 Å². The third-order valence-corrected chi connectivity index (χ3v) is 4.01. The maximum Gasteiger partial charge on any atom is 0.263 e. The highest BCUT2D eigenvalue weighted by atomic mass is 16.5. The summed E-state index contributed by atoms with van der Waals surface area (Å²) in [5, 5.41) is 4.91. The van der Waals surface area contributed by atoms with Crippen molar-refractivity contribution < 1.29 is 4.52 Å². The molecule has 2 unspecified atom stereocenters. The van der Waals surface area contributed by atoms with Gasteiger partial charge in [-0.15, -0.1) is 0 Å². The third-order valence-electron chi connectivity index (χ3n) is 4.01. The average molecular weight is 261 g/mol. The molecule has 1 aliphatic heterocycles. The first-order chi connectivity index (χ1) is 9.20. The van der Waals surface area contributed by atoms with Crippen LogP contribution in [0.1, 0.15) is 25.5 Å². The molecule has 102 valence electrons. The highest BCUT2D eigenvalue weighted by Gasteiger charge is 2.28. The largest absolute Gasteiger partial charge is 0.353 e. The van der Waals surface area contributed by atoms with Crippen molar-refractivity contribution in [3.05, 3.63) is 12.0 Å². The van der Waals surface area contributed by atoms with Gasteiger partial charge in [0, 0.05) is 12.6 Å². The standard InChI is InChI=1S/C13H19N5O/c1-8-3-4-10(5-14)6-18(8)12-11-9(2)17-19-13(11)16-7-15-12/h7-8,10H,3-6,14H2,1-2H3. The Morgan fingerprint density at radius 3 is 3.05 bits per heavy atom. The smallest absolute Gasteiger partial charge is 0.263 e. The molecule has 2 aromatic rings. The Balaban J connectivity index is 2.05. The monoisotopic (exact) mass is 261 g/mol. The zero-order valence-electron chi connectivity index (χ0n) is 11.3. The van der Waals surface area contributed by atoms with Gasteiger partial charge in [-0.1, -0.05) is 5.16 Å². The molecule has 0 aliphatic carbocycles. The van der Waals surface area contributed by atoms with Crippen LogP contribution in [0.25, 0.3) is 11.1 Å². The van der Waals surface area contributed by atoms with E-state index >= 15 is 0 Å². The van der Waals surface area contributed by atoms with Gasteiger partial charge in [-0.2, -0.15) is 4.98 Å². The van der Waals surface area contributed by atoms with E-state index in [4.69, 9.17) is 10.3 Å². The van der Waals surface area contributed by atoms with E-state index < -0.39 is 0 Å². The Kier molecular flexibility index (Phi) is 3.10. The molecule has 0 saturated carbocycles. The molecule has 1 saturated heterocycles. The van der Waals surface area contributed by atoms with Crippen molar-refractivity contribution in [2.24, 2.45) is 11.7 Å². The summed E-state index contributed by atoms with van der Waals surface area (Å²) in [5.74, 6) is 1.45. The number of piperidine rings is 1. The van der Waals surface area contributed by atoms with Crippen molar-refractivity contribution in [1.29, 1.82) is 0 Å². The topological polar surface area (TPSA) is 81.1 Å². The molecule has 0 radical (unpaired) electrons. The number of hydrogen-bond acceptors (Lipinski definition) is 6. The molecule has 6 nitrogen and oxygen atoms in total. The summed E-state index contributed by atoms with van der Waals surface area (Å²) in [4.78, 5) is 10.9. The molecule has 0 amide bonds. The second-order valence-corrected chi connectivity index (χ2v) is 5.33. The van der Waals surface area contributed by atoms with Gasteiger partial charge >= 0.3 is 0 Å². The van der Waals surface area contributed by atoms with Gasteiger partial charge in [0.1, 0.15) is 17.5 Å². The molecule has 0 aromatic carbocycles. The molecule has 2 aromatic heterocycles. The first-order valence-corrected chi connectivity index (χ1v) is 6.74. The number of hydrogen-bond donors (Lipinski definition) is 1. The van der Waals surface area contributed by atoms with E-state index in [1.807, 2.05) is 6.92 Å². The van der Waals surface area contributed by atoms with E-state index in [9.17, 15) is 0 Å². The van der Waals surface area contributed by atoms with Gasteiger partial charge in [-0.3, -0.25) is 0 Å². The fraction of sp³-hybridized carbons (Fsp3) is 0.615. The molecular formula is C13H19N5O. The van der Waals surface area contributed by atoms with E-state index in [0.717, 1.165) is 36.4 Å². The molecule has 3 rings (SSSR count). The summed E-state index contributed by atoms with van der Waals surface area (Å²) in [6.07, 6.45) is 3.86. The maximum atomic E-state index is 5.82. The molecule has 0 bridgehead atoms. The number of anilines is 1. The molecule has 6 heteroatoms. The number of fused-ring (bicyclic) bond motifs is 1. The molecule has 3 heterocycles. The minimum Gasteiger partial charge on any atom is -0.353 e. The van der Waals surface area contributed by atoms with E-state index in [-0.39, 0.29) is 0 Å². The van der Waals surface area contributed by atoms with Crippen molar-refractivity contribution in [1.82, 2.24) is 15.1 Å². The first kappa shape index (κ1) is 12.3. The van der Waals surface area contributed by atoms with Crippen molar-refractivity contribution in [2.45, 2.75) is 32.7 Å². The minimum atomic E-state index is 0.454. The molecule has 19 heavy (non-hydrogen) atoms. The van der Waals surface area contributed by atoms with Crippen LogP contribution in [0.4, 0.5) is 5.82 Å². The highest BCUT2D eigenvalue weighted by molar-refractivity contribution is 5.88. The second-order valence-electron chi connectivity index (χ2n) is 5.33. The van der Waals surface area contributed by atoms with Gasteiger partial charge in [-0.05, 0) is 39.2 Å². The minimum absolute atomic E-state index is 0.454. The lowest BCUT2D eigenvalue weighted by molar-refractivity contribution is 0.372. The van der Waals surface area contributed by atoms with E-state index in [2.05, 4.69) is 26.9 Å². The lowest BCUT2D eigenvalue weighted by Crippen LogP contribution is -2.44. The van der Waals surface area contributed by atoms with Crippen LogP contribution in [0.3, 0.4) is 0 Å². The second kappa shape index (κ2) is 4.77. The van der Waals surface area contributed by atoms with Gasteiger partial charge in [0.05, 0.1) is 5.69 Å². The summed E-state index contributed by atoms with van der Waals surface area (Å²) in [5.41, 5.74) is 7.22. The fourth-order valence-electron chi connectivity index (χ4n) is 2.79. The van der Waals surface area contributed by atoms with Crippen LogP contribution in [0, 0.1) is 12.8 Å². The van der Waals surface area contributed by atoms with Crippen molar-refractivity contribution in [3.63, 3.8) is 0 Å². The summed E-state index contributed by atoms with van der Waals surface area (Å²) in [6.45, 7) is 5.81. The van der Waals surface area contributed by atoms with Crippen molar-refractivity contribution in [2.75, 3.05) is 18.0 Å². The van der Waals surface area contributed by atoms with Gasteiger partial charge in [0.15, 0.2) is 0 Å². The Labute approximate surface area is 112 Å². The maximum absolute atomic E-state index is 5.82. The lowest BCUT2D eigenvalue weighted by Gasteiger charge is -2.38. The van der Waals surface area contributed by atoms with Gasteiger partial charge < -0.3 is 15.2 Å². The summed E-state index contributed by atoms with van der Waals surface area (Å²) in [6, 6.07) is 0.454. The van der Waals surface area contributed by atoms with Crippen LogP contribution in [0.5, 0.6) is 0 Å². The number of aryl methyl sites for hydroxylation is 1. The Morgan fingerprint density at radius 1 is 1.42 bits per heavy atom. The SMILES string of the molecule is Cc1noc2ncnc(N3CC(CN)CCC3C)c12. The lowest BCUT2D eigenvalue weighted by atomic mass is 9.93. The van der Waals surface area contributed by atoms with Gasteiger partial charge in [-0.25, -0.2) is 4.98 Å². The molecule has 1 aliphatic rings. The predicted octanol–water partition coefficient (Wildman–Crippen LogP) is 1.49. The average Bonchev–Trinajstić information content (AvgIpc) is 2.81. The molecule has 2 N–H and O–H groups in total. The molecule has 2 atom stereocenters. The van der Waals surface area contributed by atoms with E-state index in [1.165, 1.54) is 6.42 Å². The number of aromatic nitrogens is 3. The Morgan fingerprint density at radius 2 is 2.26 bits per heavy atom. The number of rotatable bonds is 2. The Hall–Kier alpha value is -1.69. The van der Waals surface area contributed by atoms with Crippen LogP contribution in [0.2, 0.25) is 0 Å². The number of nitrogens with two attached hydrogens (primary N) is 1. The van der Waals surface area contributed by atoms with Crippen molar-refractivity contribution in [3.8, 4) is 0 Å². The van der Waals surface area contributed by atoms with Crippen LogP contribution < -0.4 is 10.6 Å². The molecule has 1 fully saturated rings. The summed E-state index contributed by atoms with van der Waals surface area (Å²) < 4.78 is 5.22. The fourth-order valence-corrected chi connectivity index (χ4v) is 2.79. The van der Waals surface area contributed by atoms with Gasteiger partial charge in [0.2, 0.25) is 0 Å². The predicted molar refractivity (Wildman–Crippen MR) is 72.9 cm³/mol. The van der Waals surface area contributed by atoms with Gasteiger partial charge in [0.25, 0.3) is 5.71 Å². The number of nitrogens with zero attached hydrogens (tertiary/aromatic N) is 4. The zero-order valence-corrected chi connectivity index (χ0v) is 11.3. The van der Waals surface area contributed by atoms with Crippen LogP contribution in [-0.4, -0.2) is 34.3 Å². The molecule has 0 spiro atoms. The Bertz CT molecular complexity index is 581. The van der Waals surface area contributed by atoms with Crippen molar-refractivity contribution >= 4 is 16.9 Å². The zero-order chi connectivity index (χ0) is 13.4. The van der Waals surface area contributed by atoms with Crippen LogP contribution in [-0.2, 0) is 0 Å². The first-order valence-electron chi connectivity index (χ1n) is 6.74. The summed E-state index contributed by atoms with van der Waals surface area (Å²) in [7, 11) is 0. The summed E-state index contributed by atoms with van der Waals surface area (Å²) >= 11 is 0. The molecular weight excluding hydrogens is 242 g/mol. The highest BCUT2D eigenvalue weighted by Crippen LogP contribution is 2.31.